The van der Waals surface area contributed by atoms with Gasteiger partial charge in [-0.2, -0.15) is 11.3 Å². The van der Waals surface area contributed by atoms with Gasteiger partial charge in [0.2, 0.25) is 0 Å². The first-order valence-electron chi connectivity index (χ1n) is 5.99. The predicted octanol–water partition coefficient (Wildman–Crippen LogP) is 2.38. The molecule has 1 aromatic heterocycles. The van der Waals surface area contributed by atoms with E-state index in [9.17, 15) is 9.59 Å². The molecule has 5 heteroatoms. The maximum Gasteiger partial charge on any atom is 0.309 e. The summed E-state index contributed by atoms with van der Waals surface area (Å²) in [5.74, 6) is -0.734. The maximum absolute atomic E-state index is 12.2. The molecule has 0 unspecified atom stereocenters. The minimum Gasteiger partial charge on any atom is -0.481 e. The van der Waals surface area contributed by atoms with Crippen LogP contribution in [-0.2, 0) is 4.79 Å². The molecule has 2 rings (SSSR count). The fourth-order valence-electron chi connectivity index (χ4n) is 2.17. The number of aryl methyl sites for hydroxylation is 1. The van der Waals surface area contributed by atoms with E-state index in [1.165, 1.54) is 11.3 Å². The topological polar surface area (TPSA) is 57.6 Å². The molecular formula is C13H17NO3S. The Labute approximate surface area is 110 Å². The number of rotatable bonds is 2. The summed E-state index contributed by atoms with van der Waals surface area (Å²) in [6.07, 6.45) is 1.05. The van der Waals surface area contributed by atoms with E-state index < -0.39 is 11.4 Å². The number of thiophene rings is 1. The van der Waals surface area contributed by atoms with E-state index in [4.69, 9.17) is 5.11 Å². The molecule has 1 amide bonds. The van der Waals surface area contributed by atoms with Gasteiger partial charge in [-0.15, -0.1) is 0 Å². The SMILES string of the molecule is Cc1cscc1C(=O)N1CCC(C)(C(=O)O)CC1. The number of amides is 1. The second kappa shape index (κ2) is 4.72. The van der Waals surface area contributed by atoms with Crippen LogP contribution >= 0.6 is 11.3 Å². The largest absolute Gasteiger partial charge is 0.481 e. The summed E-state index contributed by atoms with van der Waals surface area (Å²) in [5, 5.41) is 13.0. The smallest absolute Gasteiger partial charge is 0.309 e. The van der Waals surface area contributed by atoms with Gasteiger partial charge in [0.1, 0.15) is 0 Å². The Bertz CT molecular complexity index is 472. The third-order valence-electron chi connectivity index (χ3n) is 3.76. The number of carboxylic acid groups (broad SMARTS) is 1. The van der Waals surface area contributed by atoms with Gasteiger partial charge >= 0.3 is 5.97 Å². The molecule has 98 valence electrons. The van der Waals surface area contributed by atoms with Crippen molar-refractivity contribution in [1.29, 1.82) is 0 Å². The fourth-order valence-corrected chi connectivity index (χ4v) is 2.99. The van der Waals surface area contributed by atoms with Crippen LogP contribution in [0.3, 0.4) is 0 Å². The molecule has 0 radical (unpaired) electrons. The first kappa shape index (κ1) is 13.1. The quantitative estimate of drug-likeness (QED) is 0.895. The van der Waals surface area contributed by atoms with Crippen LogP contribution in [0.1, 0.15) is 35.7 Å². The molecule has 0 saturated carbocycles. The summed E-state index contributed by atoms with van der Waals surface area (Å²) in [4.78, 5) is 25.1. The monoisotopic (exact) mass is 267 g/mol. The molecule has 2 heterocycles. The van der Waals surface area contributed by atoms with E-state index in [0.717, 1.165) is 11.1 Å². The van der Waals surface area contributed by atoms with Crippen molar-refractivity contribution in [2.24, 2.45) is 5.41 Å². The number of carbonyl (C=O) groups is 2. The number of carbonyl (C=O) groups excluding carboxylic acids is 1. The van der Waals surface area contributed by atoms with Gasteiger partial charge in [-0.3, -0.25) is 9.59 Å². The van der Waals surface area contributed by atoms with Crippen LogP contribution in [0.15, 0.2) is 10.8 Å². The van der Waals surface area contributed by atoms with Gasteiger partial charge in [0.15, 0.2) is 0 Å². The van der Waals surface area contributed by atoms with E-state index in [1.54, 1.807) is 11.8 Å². The zero-order chi connectivity index (χ0) is 13.3. The lowest BCUT2D eigenvalue weighted by molar-refractivity contribution is -0.150. The summed E-state index contributed by atoms with van der Waals surface area (Å²) < 4.78 is 0. The van der Waals surface area contributed by atoms with Crippen molar-refractivity contribution < 1.29 is 14.7 Å². The first-order valence-corrected chi connectivity index (χ1v) is 6.94. The van der Waals surface area contributed by atoms with Gasteiger partial charge in [0.25, 0.3) is 5.91 Å². The molecule has 1 fully saturated rings. The Morgan fingerprint density at radius 2 is 1.94 bits per heavy atom. The number of hydrogen-bond acceptors (Lipinski definition) is 3. The summed E-state index contributed by atoms with van der Waals surface area (Å²) in [6, 6.07) is 0. The molecule has 4 nitrogen and oxygen atoms in total. The number of likely N-dealkylation sites (tertiary alicyclic amines) is 1. The lowest BCUT2D eigenvalue weighted by Gasteiger charge is -2.36. The molecule has 1 saturated heterocycles. The highest BCUT2D eigenvalue weighted by Gasteiger charge is 2.38. The minimum absolute atomic E-state index is 0.0289. The second-order valence-electron chi connectivity index (χ2n) is 5.13. The van der Waals surface area contributed by atoms with Crippen LogP contribution in [0.4, 0.5) is 0 Å². The van der Waals surface area contributed by atoms with Crippen LogP contribution in [0.2, 0.25) is 0 Å². The van der Waals surface area contributed by atoms with E-state index >= 15 is 0 Å². The van der Waals surface area contributed by atoms with Crippen LogP contribution in [0.5, 0.6) is 0 Å². The molecule has 18 heavy (non-hydrogen) atoms. The van der Waals surface area contributed by atoms with E-state index in [2.05, 4.69) is 0 Å². The number of carboxylic acids is 1. The molecule has 0 aliphatic carbocycles. The normalized spacial score (nSPS) is 18.7. The average molecular weight is 267 g/mol. The molecule has 0 bridgehead atoms. The van der Waals surface area contributed by atoms with Gasteiger partial charge in [-0.25, -0.2) is 0 Å². The third-order valence-corrected chi connectivity index (χ3v) is 4.62. The van der Waals surface area contributed by atoms with Crippen molar-refractivity contribution in [2.45, 2.75) is 26.7 Å². The highest BCUT2D eigenvalue weighted by atomic mass is 32.1. The second-order valence-corrected chi connectivity index (χ2v) is 5.87. The van der Waals surface area contributed by atoms with E-state index in [0.29, 0.717) is 25.9 Å². The van der Waals surface area contributed by atoms with Gasteiger partial charge in [-0.05, 0) is 37.6 Å². The summed E-state index contributed by atoms with van der Waals surface area (Å²) in [6.45, 7) is 4.73. The number of aliphatic carboxylic acids is 1. The lowest BCUT2D eigenvalue weighted by atomic mass is 9.80. The fraction of sp³-hybridized carbons (Fsp3) is 0.538. The van der Waals surface area contributed by atoms with Gasteiger partial charge in [0, 0.05) is 18.5 Å². The first-order chi connectivity index (χ1) is 8.44. The average Bonchev–Trinajstić information content (AvgIpc) is 2.75. The highest BCUT2D eigenvalue weighted by Crippen LogP contribution is 2.32. The zero-order valence-electron chi connectivity index (χ0n) is 10.6. The van der Waals surface area contributed by atoms with Crippen molar-refractivity contribution in [3.63, 3.8) is 0 Å². The van der Waals surface area contributed by atoms with Gasteiger partial charge in [0.05, 0.1) is 11.0 Å². The van der Waals surface area contributed by atoms with Gasteiger partial charge < -0.3 is 10.0 Å². The Kier molecular flexibility index (Phi) is 3.43. The maximum atomic E-state index is 12.2. The highest BCUT2D eigenvalue weighted by molar-refractivity contribution is 7.08. The molecule has 0 atom stereocenters. The van der Waals surface area contributed by atoms with Crippen molar-refractivity contribution in [1.82, 2.24) is 4.90 Å². The van der Waals surface area contributed by atoms with Crippen LogP contribution < -0.4 is 0 Å². The summed E-state index contributed by atoms with van der Waals surface area (Å²) in [7, 11) is 0. The van der Waals surface area contributed by atoms with Gasteiger partial charge in [-0.1, -0.05) is 0 Å². The Hall–Kier alpha value is -1.36. The van der Waals surface area contributed by atoms with Crippen molar-refractivity contribution in [2.75, 3.05) is 13.1 Å². The number of piperidine rings is 1. The molecule has 0 aromatic carbocycles. The van der Waals surface area contributed by atoms with Crippen molar-refractivity contribution in [3.8, 4) is 0 Å². The molecule has 1 aliphatic heterocycles. The summed E-state index contributed by atoms with van der Waals surface area (Å²) >= 11 is 1.52. The molecular weight excluding hydrogens is 250 g/mol. The summed E-state index contributed by atoms with van der Waals surface area (Å²) in [5.41, 5.74) is 1.07. The Morgan fingerprint density at radius 3 is 2.39 bits per heavy atom. The third kappa shape index (κ3) is 2.27. The van der Waals surface area contributed by atoms with E-state index in [-0.39, 0.29) is 5.91 Å². The minimum atomic E-state index is -0.763. The van der Waals surface area contributed by atoms with Crippen LogP contribution in [-0.4, -0.2) is 35.0 Å². The molecule has 1 aliphatic rings. The van der Waals surface area contributed by atoms with Crippen LogP contribution in [0, 0.1) is 12.3 Å². The van der Waals surface area contributed by atoms with Crippen LogP contribution in [0.25, 0.3) is 0 Å². The predicted molar refractivity (Wildman–Crippen MR) is 69.9 cm³/mol. The zero-order valence-corrected chi connectivity index (χ0v) is 11.4. The van der Waals surface area contributed by atoms with Crippen molar-refractivity contribution in [3.05, 3.63) is 21.9 Å². The number of hydrogen-bond donors (Lipinski definition) is 1. The van der Waals surface area contributed by atoms with E-state index in [1.807, 2.05) is 17.7 Å². The Morgan fingerprint density at radius 1 is 1.33 bits per heavy atom. The molecule has 1 aromatic rings. The number of nitrogens with zero attached hydrogens (tertiary/aromatic N) is 1. The molecule has 1 N–H and O–H groups in total. The Balaban J connectivity index is 2.05. The van der Waals surface area contributed by atoms with Crippen molar-refractivity contribution >= 4 is 23.2 Å². The lowest BCUT2D eigenvalue weighted by Crippen LogP contribution is -2.45. The molecule has 0 spiro atoms. The standard InChI is InChI=1S/C13H17NO3S/c1-9-7-18-8-10(9)11(15)14-5-3-13(2,4-6-14)12(16)17/h7-8H,3-6H2,1-2H3,(H,16,17).